The number of pyridine rings is 1. The lowest BCUT2D eigenvalue weighted by Gasteiger charge is -2.26. The van der Waals surface area contributed by atoms with Crippen LogP contribution in [-0.4, -0.2) is 78.1 Å². The smallest absolute Gasteiger partial charge is 0.227 e. The molecule has 7 nitrogen and oxygen atoms in total. The number of nitrogens with zero attached hydrogens (tertiary/aromatic N) is 5. The molecule has 1 amide bonds. The Hall–Kier alpha value is -2.25. The maximum atomic E-state index is 13.0. The molecule has 0 aromatic carbocycles. The number of amides is 1. The van der Waals surface area contributed by atoms with Gasteiger partial charge in [-0.15, -0.1) is 0 Å². The molecule has 0 bridgehead atoms. The van der Waals surface area contributed by atoms with Crippen molar-refractivity contribution in [1.82, 2.24) is 24.8 Å². The predicted octanol–water partition coefficient (Wildman–Crippen LogP) is 1.97. The lowest BCUT2D eigenvalue weighted by Crippen LogP contribution is -2.39. The Morgan fingerprint density at radius 2 is 2.04 bits per heavy atom. The number of carbonyl (C=O) groups is 1. The van der Waals surface area contributed by atoms with E-state index in [1.807, 2.05) is 31.3 Å². The molecule has 0 saturated carbocycles. The normalized spacial score (nSPS) is 21.2. The van der Waals surface area contributed by atoms with Crippen molar-refractivity contribution in [2.75, 3.05) is 41.3 Å². The Labute approximate surface area is 160 Å². The number of likely N-dealkylation sites (N-methyl/N-ethyl adjacent to an activating group) is 2. The second-order valence-electron chi connectivity index (χ2n) is 7.70. The molecular weight excluding hydrogens is 342 g/mol. The number of hydrogen-bond acceptors (Lipinski definition) is 6. The number of rotatable bonds is 5. The van der Waals surface area contributed by atoms with Gasteiger partial charge in [0, 0.05) is 38.4 Å². The summed E-state index contributed by atoms with van der Waals surface area (Å²) in [5.74, 6) is 0.847. The van der Waals surface area contributed by atoms with Crippen LogP contribution in [0.3, 0.4) is 0 Å². The third-order valence-electron chi connectivity index (χ3n) is 5.24. The summed E-state index contributed by atoms with van der Waals surface area (Å²) in [7, 11) is 8.14. The van der Waals surface area contributed by atoms with Gasteiger partial charge in [-0.25, -0.2) is 0 Å². The minimum atomic E-state index is 0.0168. The molecule has 0 radical (unpaired) electrons. The van der Waals surface area contributed by atoms with Gasteiger partial charge in [-0.3, -0.25) is 9.78 Å². The Balaban J connectivity index is 1.61. The molecule has 1 aliphatic heterocycles. The standard InChI is InChI=1S/C20H29N5O2/c1-23(2)16-9-8-15(12-24(3)13-16)20(26)25(4)14-17-11-19(22-27-17)18-7-5-6-10-21-18/h5-7,10-11,15-16H,8-9,12-14H2,1-4H3/t15-,16+/m1/s1. The predicted molar refractivity (Wildman–Crippen MR) is 104 cm³/mol. The molecule has 1 saturated heterocycles. The second kappa shape index (κ2) is 8.63. The van der Waals surface area contributed by atoms with Crippen molar-refractivity contribution in [2.45, 2.75) is 25.4 Å². The summed E-state index contributed by atoms with van der Waals surface area (Å²) < 4.78 is 5.42. The number of likely N-dealkylation sites (tertiary alicyclic amines) is 1. The topological polar surface area (TPSA) is 65.7 Å². The maximum Gasteiger partial charge on any atom is 0.227 e. The van der Waals surface area contributed by atoms with Crippen LogP contribution >= 0.6 is 0 Å². The highest BCUT2D eigenvalue weighted by Crippen LogP contribution is 2.22. The molecule has 2 atom stereocenters. The monoisotopic (exact) mass is 371 g/mol. The fourth-order valence-corrected chi connectivity index (χ4v) is 3.66. The van der Waals surface area contributed by atoms with Crippen molar-refractivity contribution in [3.63, 3.8) is 0 Å². The molecule has 0 spiro atoms. The summed E-state index contributed by atoms with van der Waals surface area (Å²) >= 11 is 0. The van der Waals surface area contributed by atoms with Gasteiger partial charge in [0.1, 0.15) is 5.69 Å². The molecule has 1 aliphatic rings. The van der Waals surface area contributed by atoms with E-state index in [4.69, 9.17) is 4.52 Å². The van der Waals surface area contributed by atoms with Gasteiger partial charge < -0.3 is 19.2 Å². The average Bonchev–Trinajstić information content (AvgIpc) is 3.02. The van der Waals surface area contributed by atoms with E-state index in [0.29, 0.717) is 24.0 Å². The van der Waals surface area contributed by atoms with Crippen LogP contribution in [-0.2, 0) is 11.3 Å². The van der Waals surface area contributed by atoms with E-state index in [1.54, 1.807) is 11.1 Å². The van der Waals surface area contributed by atoms with Crippen LogP contribution in [0.15, 0.2) is 35.0 Å². The van der Waals surface area contributed by atoms with Crippen molar-refractivity contribution < 1.29 is 9.32 Å². The van der Waals surface area contributed by atoms with E-state index < -0.39 is 0 Å². The van der Waals surface area contributed by atoms with Gasteiger partial charge >= 0.3 is 0 Å². The summed E-state index contributed by atoms with van der Waals surface area (Å²) in [6.07, 6.45) is 3.67. The summed E-state index contributed by atoms with van der Waals surface area (Å²) in [4.78, 5) is 23.5. The zero-order valence-corrected chi connectivity index (χ0v) is 16.6. The molecule has 2 aromatic heterocycles. The van der Waals surface area contributed by atoms with E-state index in [2.05, 4.69) is 41.1 Å². The van der Waals surface area contributed by atoms with E-state index in [-0.39, 0.29) is 11.8 Å². The molecule has 7 heteroatoms. The average molecular weight is 371 g/mol. The third-order valence-corrected chi connectivity index (χ3v) is 5.24. The van der Waals surface area contributed by atoms with E-state index in [0.717, 1.165) is 31.6 Å². The first-order valence-electron chi connectivity index (χ1n) is 9.41. The minimum absolute atomic E-state index is 0.0168. The first-order valence-corrected chi connectivity index (χ1v) is 9.41. The van der Waals surface area contributed by atoms with Gasteiger partial charge in [0.05, 0.1) is 18.2 Å². The summed E-state index contributed by atoms with van der Waals surface area (Å²) in [5, 5.41) is 4.08. The number of hydrogen-bond donors (Lipinski definition) is 0. The first kappa shape index (κ1) is 19.5. The fourth-order valence-electron chi connectivity index (χ4n) is 3.66. The Morgan fingerprint density at radius 1 is 1.22 bits per heavy atom. The summed E-state index contributed by atoms with van der Waals surface area (Å²) in [6, 6.07) is 8.01. The van der Waals surface area contributed by atoms with E-state index in [9.17, 15) is 4.79 Å². The molecule has 0 aliphatic carbocycles. The Bertz CT molecular complexity index is 746. The first-order chi connectivity index (χ1) is 12.9. The molecule has 0 unspecified atom stereocenters. The van der Waals surface area contributed by atoms with Crippen molar-refractivity contribution in [2.24, 2.45) is 5.92 Å². The summed E-state index contributed by atoms with van der Waals surface area (Å²) in [6.45, 7) is 2.20. The van der Waals surface area contributed by atoms with Crippen molar-refractivity contribution in [1.29, 1.82) is 0 Å². The molecule has 3 rings (SSSR count). The molecule has 27 heavy (non-hydrogen) atoms. The maximum absolute atomic E-state index is 13.0. The van der Waals surface area contributed by atoms with Gasteiger partial charge in [0.2, 0.25) is 5.91 Å². The van der Waals surface area contributed by atoms with Crippen LogP contribution in [0.25, 0.3) is 11.4 Å². The number of carbonyl (C=O) groups excluding carboxylic acids is 1. The van der Waals surface area contributed by atoms with Gasteiger partial charge in [-0.05, 0) is 46.1 Å². The molecule has 1 fully saturated rings. The van der Waals surface area contributed by atoms with Crippen molar-refractivity contribution in [3.05, 3.63) is 36.2 Å². The fraction of sp³-hybridized carbons (Fsp3) is 0.550. The van der Waals surface area contributed by atoms with Crippen LogP contribution in [0.2, 0.25) is 0 Å². The van der Waals surface area contributed by atoms with Crippen LogP contribution < -0.4 is 0 Å². The summed E-state index contributed by atoms with van der Waals surface area (Å²) in [5.41, 5.74) is 1.45. The largest absolute Gasteiger partial charge is 0.359 e. The lowest BCUT2D eigenvalue weighted by molar-refractivity contribution is -0.135. The molecule has 0 N–H and O–H groups in total. The van der Waals surface area contributed by atoms with Gasteiger partial charge in [-0.2, -0.15) is 0 Å². The highest BCUT2D eigenvalue weighted by Gasteiger charge is 2.29. The van der Waals surface area contributed by atoms with Crippen molar-refractivity contribution in [3.8, 4) is 11.4 Å². The SMILES string of the molecule is CN1C[C@H](C(=O)N(C)Cc2cc(-c3ccccn3)no2)CC[C@H](N(C)C)C1. The van der Waals surface area contributed by atoms with E-state index >= 15 is 0 Å². The molecular formula is C20H29N5O2. The van der Waals surface area contributed by atoms with Gasteiger partial charge in [-0.1, -0.05) is 11.2 Å². The van der Waals surface area contributed by atoms with Crippen molar-refractivity contribution >= 4 is 5.91 Å². The third kappa shape index (κ3) is 4.93. The van der Waals surface area contributed by atoms with Gasteiger partial charge in [0.15, 0.2) is 5.76 Å². The highest BCUT2D eigenvalue weighted by molar-refractivity contribution is 5.78. The Kier molecular flexibility index (Phi) is 6.23. The lowest BCUT2D eigenvalue weighted by atomic mass is 10.00. The quantitative estimate of drug-likeness (QED) is 0.801. The molecule has 3 heterocycles. The second-order valence-corrected chi connectivity index (χ2v) is 7.70. The Morgan fingerprint density at radius 3 is 2.74 bits per heavy atom. The number of aromatic nitrogens is 2. The zero-order chi connectivity index (χ0) is 19.4. The van der Waals surface area contributed by atoms with Crippen LogP contribution in [0, 0.1) is 5.92 Å². The minimum Gasteiger partial charge on any atom is -0.359 e. The van der Waals surface area contributed by atoms with Crippen LogP contribution in [0.4, 0.5) is 0 Å². The zero-order valence-electron chi connectivity index (χ0n) is 16.6. The molecule has 146 valence electrons. The van der Waals surface area contributed by atoms with Crippen LogP contribution in [0.5, 0.6) is 0 Å². The molecule has 2 aromatic rings. The highest BCUT2D eigenvalue weighted by atomic mass is 16.5. The van der Waals surface area contributed by atoms with Gasteiger partial charge in [0.25, 0.3) is 0 Å². The van der Waals surface area contributed by atoms with E-state index in [1.165, 1.54) is 0 Å². The van der Waals surface area contributed by atoms with Crippen LogP contribution in [0.1, 0.15) is 18.6 Å².